The number of rotatable bonds is 5. The van der Waals surface area contributed by atoms with Crippen LogP contribution in [-0.4, -0.2) is 44.7 Å². The molecule has 1 aliphatic carbocycles. The third-order valence-electron chi connectivity index (χ3n) is 5.19. The van der Waals surface area contributed by atoms with Gasteiger partial charge in [0.25, 0.3) is 0 Å². The molecule has 0 bridgehead atoms. The molecule has 1 heterocycles. The summed E-state index contributed by atoms with van der Waals surface area (Å²) in [4.78, 5) is 14.6. The van der Waals surface area contributed by atoms with Crippen LogP contribution in [-0.2, 0) is 19.9 Å². The first-order valence-corrected chi connectivity index (χ1v) is 8.07. The van der Waals surface area contributed by atoms with Crippen LogP contribution in [0.15, 0.2) is 30.3 Å². The fourth-order valence-electron chi connectivity index (χ4n) is 3.84. The summed E-state index contributed by atoms with van der Waals surface area (Å²) in [5, 5.41) is 0. The summed E-state index contributed by atoms with van der Waals surface area (Å²) >= 11 is 0. The largest absolute Gasteiger partial charge is 0.384 e. The normalized spacial score (nSPS) is 26.7. The van der Waals surface area contributed by atoms with Crippen LogP contribution in [0.4, 0.5) is 0 Å². The average molecular weight is 303 g/mol. The van der Waals surface area contributed by atoms with Gasteiger partial charge < -0.3 is 14.4 Å². The first-order valence-electron chi connectivity index (χ1n) is 8.07. The maximum absolute atomic E-state index is 12.6. The molecule has 4 heteroatoms. The number of carbonyl (C=O) groups is 1. The van der Waals surface area contributed by atoms with Gasteiger partial charge >= 0.3 is 0 Å². The van der Waals surface area contributed by atoms with E-state index in [-0.39, 0.29) is 11.5 Å². The highest BCUT2D eigenvalue weighted by Crippen LogP contribution is 2.39. The predicted molar refractivity (Wildman–Crippen MR) is 84.4 cm³/mol. The lowest BCUT2D eigenvalue weighted by atomic mass is 9.84. The van der Waals surface area contributed by atoms with Gasteiger partial charge in [-0.25, -0.2) is 0 Å². The van der Waals surface area contributed by atoms with Gasteiger partial charge in [-0.1, -0.05) is 30.3 Å². The van der Waals surface area contributed by atoms with Gasteiger partial charge in [-0.3, -0.25) is 4.79 Å². The fourth-order valence-corrected chi connectivity index (χ4v) is 3.84. The summed E-state index contributed by atoms with van der Waals surface area (Å²) in [5.41, 5.74) is 0.840. The van der Waals surface area contributed by atoms with Crippen LogP contribution in [0.25, 0.3) is 0 Å². The fraction of sp³-hybridized carbons (Fsp3) is 0.611. The Morgan fingerprint density at radius 3 is 2.59 bits per heavy atom. The minimum absolute atomic E-state index is 0.172. The molecule has 0 spiro atoms. The SMILES string of the molecule is COC[C@@H]1CC[C@H](C(=O)N2CC(OC)(c3ccccc3)C2)C1. The molecule has 1 aliphatic heterocycles. The Bertz CT molecular complexity index is 510. The molecule has 2 fully saturated rings. The number of carbonyl (C=O) groups excluding carboxylic acids is 1. The molecule has 0 aromatic heterocycles. The van der Waals surface area contributed by atoms with E-state index in [1.165, 1.54) is 0 Å². The molecule has 1 aromatic carbocycles. The van der Waals surface area contributed by atoms with Gasteiger partial charge in [0.05, 0.1) is 13.1 Å². The van der Waals surface area contributed by atoms with Crippen LogP contribution in [0.3, 0.4) is 0 Å². The molecule has 1 amide bonds. The molecule has 1 aromatic rings. The van der Waals surface area contributed by atoms with Crippen molar-refractivity contribution in [1.82, 2.24) is 4.90 Å². The van der Waals surface area contributed by atoms with Crippen molar-refractivity contribution in [2.45, 2.75) is 24.9 Å². The molecular weight excluding hydrogens is 278 g/mol. The Morgan fingerprint density at radius 1 is 1.23 bits per heavy atom. The monoisotopic (exact) mass is 303 g/mol. The minimum atomic E-state index is -0.318. The van der Waals surface area contributed by atoms with Crippen LogP contribution in [0.5, 0.6) is 0 Å². The molecule has 1 saturated heterocycles. The van der Waals surface area contributed by atoms with E-state index >= 15 is 0 Å². The molecule has 0 unspecified atom stereocenters. The average Bonchev–Trinajstić information content (AvgIpc) is 2.97. The van der Waals surface area contributed by atoms with E-state index < -0.39 is 0 Å². The van der Waals surface area contributed by atoms with Gasteiger partial charge in [-0.05, 0) is 30.7 Å². The van der Waals surface area contributed by atoms with Gasteiger partial charge in [0.1, 0.15) is 5.60 Å². The number of hydrogen-bond donors (Lipinski definition) is 0. The number of methoxy groups -OCH3 is 2. The Hall–Kier alpha value is -1.39. The summed E-state index contributed by atoms with van der Waals surface area (Å²) in [6.07, 6.45) is 3.06. The zero-order valence-corrected chi connectivity index (χ0v) is 13.5. The molecule has 120 valence electrons. The van der Waals surface area contributed by atoms with Gasteiger partial charge in [0.2, 0.25) is 5.91 Å². The maximum Gasteiger partial charge on any atom is 0.225 e. The summed E-state index contributed by atoms with van der Waals surface area (Å²) in [5.74, 6) is 1.01. The van der Waals surface area contributed by atoms with Crippen LogP contribution in [0.2, 0.25) is 0 Å². The van der Waals surface area contributed by atoms with Crippen molar-refractivity contribution in [3.63, 3.8) is 0 Å². The standard InChI is InChI=1S/C18H25NO3/c1-21-11-14-8-9-15(10-14)17(20)19-12-18(13-19,22-2)16-6-4-3-5-7-16/h3-7,14-15H,8-13H2,1-2H3/t14-,15+/m1/s1. The van der Waals surface area contributed by atoms with E-state index in [0.29, 0.717) is 24.9 Å². The summed E-state index contributed by atoms with van der Waals surface area (Å²) in [6.45, 7) is 2.10. The van der Waals surface area contributed by atoms with E-state index in [2.05, 4.69) is 12.1 Å². The smallest absolute Gasteiger partial charge is 0.225 e. The van der Waals surface area contributed by atoms with Gasteiger partial charge in [0, 0.05) is 26.7 Å². The molecule has 2 aliphatic rings. The van der Waals surface area contributed by atoms with Crippen molar-refractivity contribution in [1.29, 1.82) is 0 Å². The second-order valence-corrected chi connectivity index (χ2v) is 6.59. The highest BCUT2D eigenvalue weighted by atomic mass is 16.5. The Kier molecular flexibility index (Phi) is 4.50. The first-order chi connectivity index (χ1) is 10.7. The summed E-state index contributed by atoms with van der Waals surface area (Å²) in [7, 11) is 3.47. The second-order valence-electron chi connectivity index (χ2n) is 6.59. The molecule has 2 atom stereocenters. The summed E-state index contributed by atoms with van der Waals surface area (Å²) in [6, 6.07) is 10.2. The lowest BCUT2D eigenvalue weighted by molar-refractivity contribution is -0.168. The maximum atomic E-state index is 12.6. The highest BCUT2D eigenvalue weighted by molar-refractivity contribution is 5.80. The van der Waals surface area contributed by atoms with Crippen molar-refractivity contribution in [2.24, 2.45) is 11.8 Å². The van der Waals surface area contributed by atoms with Crippen molar-refractivity contribution in [3.05, 3.63) is 35.9 Å². The van der Waals surface area contributed by atoms with Crippen LogP contribution in [0, 0.1) is 11.8 Å². The molecular formula is C18H25NO3. The Labute approximate surface area is 132 Å². The van der Waals surface area contributed by atoms with E-state index in [0.717, 1.165) is 31.4 Å². The number of nitrogens with zero attached hydrogens (tertiary/aromatic N) is 1. The van der Waals surface area contributed by atoms with E-state index in [1.807, 2.05) is 23.1 Å². The lowest BCUT2D eigenvalue weighted by Crippen LogP contribution is -2.63. The topological polar surface area (TPSA) is 38.8 Å². The molecule has 3 rings (SSSR count). The second kappa shape index (κ2) is 6.39. The summed E-state index contributed by atoms with van der Waals surface area (Å²) < 4.78 is 11.0. The molecule has 4 nitrogen and oxygen atoms in total. The van der Waals surface area contributed by atoms with Crippen molar-refractivity contribution in [2.75, 3.05) is 33.9 Å². The number of amides is 1. The number of benzene rings is 1. The van der Waals surface area contributed by atoms with Crippen molar-refractivity contribution < 1.29 is 14.3 Å². The lowest BCUT2D eigenvalue weighted by Gasteiger charge is -2.50. The van der Waals surface area contributed by atoms with Crippen LogP contribution in [0.1, 0.15) is 24.8 Å². The van der Waals surface area contributed by atoms with Crippen LogP contribution >= 0.6 is 0 Å². The predicted octanol–water partition coefficient (Wildman–Crippen LogP) is 2.43. The van der Waals surface area contributed by atoms with Gasteiger partial charge in [-0.15, -0.1) is 0 Å². The van der Waals surface area contributed by atoms with E-state index in [9.17, 15) is 4.79 Å². The third-order valence-corrected chi connectivity index (χ3v) is 5.19. The van der Waals surface area contributed by atoms with E-state index in [1.54, 1.807) is 14.2 Å². The van der Waals surface area contributed by atoms with Gasteiger partial charge in [0.15, 0.2) is 0 Å². The molecule has 0 radical (unpaired) electrons. The Balaban J connectivity index is 1.59. The quantitative estimate of drug-likeness (QED) is 0.838. The van der Waals surface area contributed by atoms with Gasteiger partial charge in [-0.2, -0.15) is 0 Å². The minimum Gasteiger partial charge on any atom is -0.384 e. The highest BCUT2D eigenvalue weighted by Gasteiger charge is 2.48. The number of hydrogen-bond acceptors (Lipinski definition) is 3. The Morgan fingerprint density at radius 2 is 1.95 bits per heavy atom. The number of ether oxygens (including phenoxy) is 2. The van der Waals surface area contributed by atoms with E-state index in [4.69, 9.17) is 9.47 Å². The zero-order chi connectivity index (χ0) is 15.6. The molecule has 1 saturated carbocycles. The van der Waals surface area contributed by atoms with Crippen molar-refractivity contribution >= 4 is 5.91 Å². The van der Waals surface area contributed by atoms with Crippen molar-refractivity contribution in [3.8, 4) is 0 Å². The first kappa shape index (κ1) is 15.5. The molecule has 22 heavy (non-hydrogen) atoms. The zero-order valence-electron chi connectivity index (χ0n) is 13.5. The molecule has 0 N–H and O–H groups in total. The van der Waals surface area contributed by atoms with Crippen LogP contribution < -0.4 is 0 Å². The number of likely N-dealkylation sites (tertiary alicyclic amines) is 1. The third kappa shape index (κ3) is 2.77.